The Kier molecular flexibility index (Phi) is 3.74. The summed E-state index contributed by atoms with van der Waals surface area (Å²) in [6.07, 6.45) is 1.31. The molecule has 2 heteroatoms. The van der Waals surface area contributed by atoms with Gasteiger partial charge in [0.1, 0.15) is 11.5 Å². The molecule has 0 amide bonds. The van der Waals surface area contributed by atoms with Crippen LogP contribution in [0.5, 0.6) is 5.75 Å². The molecule has 0 bridgehead atoms. The standard InChI is InChI=1S/C14H20O2/c1-10(15)5-6-11-7-8-13(16)12(9-11)14(2,3)4/h7-9,16H,5-6H2,1-4H3. The highest BCUT2D eigenvalue weighted by molar-refractivity contribution is 5.75. The van der Waals surface area contributed by atoms with Crippen molar-refractivity contribution in [1.29, 1.82) is 0 Å². The molecule has 0 heterocycles. The van der Waals surface area contributed by atoms with Crippen molar-refractivity contribution in [2.24, 2.45) is 0 Å². The van der Waals surface area contributed by atoms with Crippen LogP contribution in [0.4, 0.5) is 0 Å². The second kappa shape index (κ2) is 4.69. The van der Waals surface area contributed by atoms with Gasteiger partial charge in [0.05, 0.1) is 0 Å². The van der Waals surface area contributed by atoms with Gasteiger partial charge in [-0.3, -0.25) is 0 Å². The van der Waals surface area contributed by atoms with Crippen LogP contribution in [0.25, 0.3) is 0 Å². The van der Waals surface area contributed by atoms with Crippen LogP contribution in [0.15, 0.2) is 18.2 Å². The average Bonchev–Trinajstić information content (AvgIpc) is 2.14. The van der Waals surface area contributed by atoms with E-state index in [0.717, 1.165) is 17.5 Å². The fourth-order valence-electron chi connectivity index (χ4n) is 1.66. The lowest BCUT2D eigenvalue weighted by Crippen LogP contribution is -2.11. The Morgan fingerprint density at radius 2 is 1.94 bits per heavy atom. The number of benzene rings is 1. The highest BCUT2D eigenvalue weighted by Gasteiger charge is 2.18. The van der Waals surface area contributed by atoms with Crippen LogP contribution in [0.1, 0.15) is 45.2 Å². The third-order valence-electron chi connectivity index (χ3n) is 2.63. The predicted octanol–water partition coefficient (Wildman–Crippen LogP) is 3.21. The smallest absolute Gasteiger partial charge is 0.130 e. The van der Waals surface area contributed by atoms with Crippen LogP contribution in [0.3, 0.4) is 0 Å². The van der Waals surface area contributed by atoms with E-state index in [4.69, 9.17) is 0 Å². The number of Topliss-reactive ketones (excluding diaryl/α,β-unsaturated/α-hetero) is 1. The number of rotatable bonds is 3. The number of aromatic hydroxyl groups is 1. The lowest BCUT2D eigenvalue weighted by Gasteiger charge is -2.21. The van der Waals surface area contributed by atoms with Gasteiger partial charge in [0.25, 0.3) is 0 Å². The molecule has 2 nitrogen and oxygen atoms in total. The minimum Gasteiger partial charge on any atom is -0.508 e. The highest BCUT2D eigenvalue weighted by atomic mass is 16.3. The van der Waals surface area contributed by atoms with Crippen molar-refractivity contribution in [3.05, 3.63) is 29.3 Å². The number of carbonyl (C=O) groups excluding carboxylic acids is 1. The molecule has 0 aliphatic rings. The fourth-order valence-corrected chi connectivity index (χ4v) is 1.66. The van der Waals surface area contributed by atoms with E-state index in [-0.39, 0.29) is 11.2 Å². The summed E-state index contributed by atoms with van der Waals surface area (Å²) in [4.78, 5) is 10.9. The van der Waals surface area contributed by atoms with Gasteiger partial charge in [-0.25, -0.2) is 0 Å². The van der Waals surface area contributed by atoms with Crippen molar-refractivity contribution in [2.75, 3.05) is 0 Å². The number of hydrogen-bond donors (Lipinski definition) is 1. The van der Waals surface area contributed by atoms with Crippen LogP contribution in [-0.2, 0) is 16.6 Å². The quantitative estimate of drug-likeness (QED) is 0.849. The van der Waals surface area contributed by atoms with E-state index in [9.17, 15) is 9.90 Å². The number of carbonyl (C=O) groups is 1. The minimum absolute atomic E-state index is 0.0731. The first-order valence-electron chi connectivity index (χ1n) is 5.62. The first kappa shape index (κ1) is 12.8. The molecule has 1 N–H and O–H groups in total. The Labute approximate surface area is 97.3 Å². The van der Waals surface area contributed by atoms with E-state index in [1.54, 1.807) is 13.0 Å². The molecular weight excluding hydrogens is 200 g/mol. The van der Waals surface area contributed by atoms with Gasteiger partial charge in [-0.15, -0.1) is 0 Å². The van der Waals surface area contributed by atoms with Crippen molar-refractivity contribution in [1.82, 2.24) is 0 Å². The fraction of sp³-hybridized carbons (Fsp3) is 0.500. The van der Waals surface area contributed by atoms with E-state index >= 15 is 0 Å². The number of ketones is 1. The first-order valence-corrected chi connectivity index (χ1v) is 5.62. The van der Waals surface area contributed by atoms with E-state index in [0.29, 0.717) is 12.2 Å². The molecule has 0 spiro atoms. The van der Waals surface area contributed by atoms with Crippen molar-refractivity contribution in [3.63, 3.8) is 0 Å². The number of hydrogen-bond acceptors (Lipinski definition) is 2. The monoisotopic (exact) mass is 220 g/mol. The van der Waals surface area contributed by atoms with Crippen LogP contribution >= 0.6 is 0 Å². The van der Waals surface area contributed by atoms with Gasteiger partial charge in [0, 0.05) is 6.42 Å². The maximum Gasteiger partial charge on any atom is 0.130 e. The van der Waals surface area contributed by atoms with E-state index in [2.05, 4.69) is 20.8 Å². The third kappa shape index (κ3) is 3.37. The number of aryl methyl sites for hydroxylation is 1. The van der Waals surface area contributed by atoms with Crippen LogP contribution in [0.2, 0.25) is 0 Å². The molecule has 0 aliphatic carbocycles. The summed E-state index contributed by atoms with van der Waals surface area (Å²) < 4.78 is 0. The maximum absolute atomic E-state index is 10.9. The molecule has 0 radical (unpaired) electrons. The van der Waals surface area contributed by atoms with Gasteiger partial charge in [0.15, 0.2) is 0 Å². The van der Waals surface area contributed by atoms with E-state index in [1.165, 1.54) is 0 Å². The summed E-state index contributed by atoms with van der Waals surface area (Å²) in [5.74, 6) is 0.532. The predicted molar refractivity (Wildman–Crippen MR) is 65.8 cm³/mol. The third-order valence-corrected chi connectivity index (χ3v) is 2.63. The summed E-state index contributed by atoms with van der Waals surface area (Å²) >= 11 is 0. The average molecular weight is 220 g/mol. The SMILES string of the molecule is CC(=O)CCc1ccc(O)c(C(C)(C)C)c1. The maximum atomic E-state index is 10.9. The second-order valence-electron chi connectivity index (χ2n) is 5.30. The molecule has 1 rings (SSSR count). The van der Waals surface area contributed by atoms with Gasteiger partial charge < -0.3 is 9.90 Å². The molecule has 1 aromatic rings. The molecule has 0 unspecified atom stereocenters. The first-order chi connectivity index (χ1) is 7.30. The van der Waals surface area contributed by atoms with Crippen molar-refractivity contribution in [3.8, 4) is 5.75 Å². The zero-order valence-corrected chi connectivity index (χ0v) is 10.5. The van der Waals surface area contributed by atoms with Crippen molar-refractivity contribution < 1.29 is 9.90 Å². The van der Waals surface area contributed by atoms with Gasteiger partial charge in [-0.05, 0) is 36.0 Å². The number of phenolic OH excluding ortho intramolecular Hbond substituents is 1. The summed E-state index contributed by atoms with van der Waals surface area (Å²) in [7, 11) is 0. The summed E-state index contributed by atoms with van der Waals surface area (Å²) in [6, 6.07) is 5.60. The highest BCUT2D eigenvalue weighted by Crippen LogP contribution is 2.31. The molecule has 16 heavy (non-hydrogen) atoms. The molecule has 0 saturated carbocycles. The van der Waals surface area contributed by atoms with Crippen LogP contribution in [-0.4, -0.2) is 10.9 Å². The summed E-state index contributed by atoms with van der Waals surface area (Å²) in [5.41, 5.74) is 1.97. The summed E-state index contributed by atoms with van der Waals surface area (Å²) in [5, 5.41) is 9.78. The lowest BCUT2D eigenvalue weighted by molar-refractivity contribution is -0.116. The Balaban J connectivity index is 2.94. The van der Waals surface area contributed by atoms with Crippen LogP contribution < -0.4 is 0 Å². The van der Waals surface area contributed by atoms with Gasteiger partial charge in [0.2, 0.25) is 0 Å². The zero-order valence-electron chi connectivity index (χ0n) is 10.5. The zero-order chi connectivity index (χ0) is 12.3. The van der Waals surface area contributed by atoms with Gasteiger partial charge in [-0.1, -0.05) is 32.9 Å². The molecule has 0 aliphatic heterocycles. The van der Waals surface area contributed by atoms with Crippen molar-refractivity contribution in [2.45, 2.75) is 46.0 Å². The molecular formula is C14H20O2. The van der Waals surface area contributed by atoms with Crippen LogP contribution in [0, 0.1) is 0 Å². The van der Waals surface area contributed by atoms with E-state index in [1.807, 2.05) is 12.1 Å². The largest absolute Gasteiger partial charge is 0.508 e. The molecule has 0 aromatic heterocycles. The van der Waals surface area contributed by atoms with Gasteiger partial charge >= 0.3 is 0 Å². The minimum atomic E-state index is -0.0731. The molecule has 0 saturated heterocycles. The second-order valence-corrected chi connectivity index (χ2v) is 5.30. The molecule has 0 atom stereocenters. The molecule has 1 aromatic carbocycles. The molecule has 0 fully saturated rings. The Morgan fingerprint density at radius 3 is 2.44 bits per heavy atom. The summed E-state index contributed by atoms with van der Waals surface area (Å²) in [6.45, 7) is 7.80. The Hall–Kier alpha value is -1.31. The lowest BCUT2D eigenvalue weighted by atomic mass is 9.85. The topological polar surface area (TPSA) is 37.3 Å². The number of phenols is 1. The Morgan fingerprint density at radius 1 is 1.31 bits per heavy atom. The normalized spacial score (nSPS) is 11.5. The van der Waals surface area contributed by atoms with Crippen molar-refractivity contribution >= 4 is 5.78 Å². The molecule has 88 valence electrons. The Bertz CT molecular complexity index is 386. The van der Waals surface area contributed by atoms with Gasteiger partial charge in [-0.2, -0.15) is 0 Å². The van der Waals surface area contributed by atoms with E-state index < -0.39 is 0 Å².